The summed E-state index contributed by atoms with van der Waals surface area (Å²) in [5, 5.41) is 6.64. The summed E-state index contributed by atoms with van der Waals surface area (Å²) >= 11 is 5.87. The first-order valence-corrected chi connectivity index (χ1v) is 8.59. The Morgan fingerprint density at radius 1 is 1.29 bits per heavy atom. The van der Waals surface area contributed by atoms with Gasteiger partial charge in [0, 0.05) is 17.8 Å². The second-order valence-electron chi connectivity index (χ2n) is 4.72. The van der Waals surface area contributed by atoms with E-state index in [1.54, 1.807) is 19.9 Å². The fourth-order valence-electron chi connectivity index (χ4n) is 2.22. The predicted octanol–water partition coefficient (Wildman–Crippen LogP) is 2.98. The molecular weight excluding hydrogens is 310 g/mol. The third kappa shape index (κ3) is 2.78. The Morgan fingerprint density at radius 3 is 2.52 bits per heavy atom. The first-order chi connectivity index (χ1) is 9.93. The SMILES string of the molecule is CCN(c1ccccc1C)S(=O)(=O)c1n[nH]c(C)c1CCl. The van der Waals surface area contributed by atoms with E-state index in [0.717, 1.165) is 5.56 Å². The molecule has 1 N–H and O–H groups in total. The van der Waals surface area contributed by atoms with E-state index in [2.05, 4.69) is 10.2 Å². The average Bonchev–Trinajstić information content (AvgIpc) is 2.83. The Kier molecular flexibility index (Phi) is 4.58. The van der Waals surface area contributed by atoms with E-state index in [0.29, 0.717) is 23.5 Å². The van der Waals surface area contributed by atoms with Crippen molar-refractivity contribution in [2.45, 2.75) is 31.7 Å². The van der Waals surface area contributed by atoms with Crippen LogP contribution in [0.5, 0.6) is 0 Å². The molecule has 0 spiro atoms. The fourth-order valence-corrected chi connectivity index (χ4v) is 4.33. The lowest BCUT2D eigenvalue weighted by atomic mass is 10.2. The van der Waals surface area contributed by atoms with Gasteiger partial charge in [0.15, 0.2) is 0 Å². The lowest BCUT2D eigenvalue weighted by Gasteiger charge is -2.23. The highest BCUT2D eigenvalue weighted by Gasteiger charge is 2.30. The van der Waals surface area contributed by atoms with Crippen LogP contribution < -0.4 is 4.31 Å². The van der Waals surface area contributed by atoms with Crippen LogP contribution in [-0.2, 0) is 15.9 Å². The zero-order valence-corrected chi connectivity index (χ0v) is 13.8. The molecule has 0 radical (unpaired) electrons. The topological polar surface area (TPSA) is 66.1 Å². The second-order valence-corrected chi connectivity index (χ2v) is 6.77. The zero-order chi connectivity index (χ0) is 15.6. The molecule has 1 heterocycles. The molecule has 0 amide bonds. The third-order valence-corrected chi connectivity index (χ3v) is 5.50. The largest absolute Gasteiger partial charge is 0.283 e. The van der Waals surface area contributed by atoms with Crippen LogP contribution in [0.2, 0.25) is 0 Å². The molecule has 0 aliphatic rings. The van der Waals surface area contributed by atoms with Crippen LogP contribution in [0, 0.1) is 13.8 Å². The molecule has 1 aromatic carbocycles. The lowest BCUT2D eigenvalue weighted by molar-refractivity contribution is 0.586. The van der Waals surface area contributed by atoms with E-state index in [-0.39, 0.29) is 10.9 Å². The van der Waals surface area contributed by atoms with Crippen molar-refractivity contribution in [3.05, 3.63) is 41.1 Å². The number of rotatable bonds is 5. The molecule has 5 nitrogen and oxygen atoms in total. The number of aromatic nitrogens is 2. The van der Waals surface area contributed by atoms with Crippen molar-refractivity contribution < 1.29 is 8.42 Å². The molecular formula is C14H18ClN3O2S. The summed E-state index contributed by atoms with van der Waals surface area (Å²) in [4.78, 5) is 0. The van der Waals surface area contributed by atoms with Gasteiger partial charge < -0.3 is 0 Å². The van der Waals surface area contributed by atoms with Crippen LogP contribution in [0.3, 0.4) is 0 Å². The van der Waals surface area contributed by atoms with Crippen molar-refractivity contribution in [3.8, 4) is 0 Å². The van der Waals surface area contributed by atoms with Crippen LogP contribution in [0.25, 0.3) is 0 Å². The maximum Gasteiger partial charge on any atom is 0.283 e. The molecule has 0 unspecified atom stereocenters. The van der Waals surface area contributed by atoms with Crippen LogP contribution in [-0.4, -0.2) is 25.2 Å². The van der Waals surface area contributed by atoms with Gasteiger partial charge >= 0.3 is 0 Å². The number of para-hydroxylation sites is 1. The van der Waals surface area contributed by atoms with E-state index in [1.165, 1.54) is 4.31 Å². The molecule has 0 saturated carbocycles. The maximum atomic E-state index is 12.9. The molecule has 0 aliphatic carbocycles. The molecule has 114 valence electrons. The van der Waals surface area contributed by atoms with Gasteiger partial charge in [-0.3, -0.25) is 9.40 Å². The van der Waals surface area contributed by atoms with E-state index < -0.39 is 10.0 Å². The summed E-state index contributed by atoms with van der Waals surface area (Å²) in [5.41, 5.74) is 2.73. The minimum Gasteiger partial charge on any atom is -0.281 e. The van der Waals surface area contributed by atoms with Gasteiger partial charge in [0.05, 0.1) is 11.6 Å². The van der Waals surface area contributed by atoms with Crippen LogP contribution in [0.15, 0.2) is 29.3 Å². The van der Waals surface area contributed by atoms with E-state index in [9.17, 15) is 8.42 Å². The Hall–Kier alpha value is -1.53. The molecule has 7 heteroatoms. The van der Waals surface area contributed by atoms with E-state index in [4.69, 9.17) is 11.6 Å². The third-order valence-electron chi connectivity index (χ3n) is 3.38. The highest BCUT2D eigenvalue weighted by molar-refractivity contribution is 7.92. The molecule has 0 bridgehead atoms. The van der Waals surface area contributed by atoms with Crippen LogP contribution in [0.1, 0.15) is 23.7 Å². The van der Waals surface area contributed by atoms with E-state index >= 15 is 0 Å². The molecule has 0 saturated heterocycles. The van der Waals surface area contributed by atoms with Gasteiger partial charge in [0.2, 0.25) is 5.03 Å². The van der Waals surface area contributed by atoms with Crippen molar-refractivity contribution >= 4 is 27.3 Å². The average molecular weight is 328 g/mol. The first kappa shape index (κ1) is 15.9. The molecule has 1 aromatic heterocycles. The van der Waals surface area contributed by atoms with Crippen molar-refractivity contribution in [2.75, 3.05) is 10.8 Å². The number of nitrogens with zero attached hydrogens (tertiary/aromatic N) is 2. The molecule has 21 heavy (non-hydrogen) atoms. The van der Waals surface area contributed by atoms with Gasteiger partial charge in [0.25, 0.3) is 10.0 Å². The monoisotopic (exact) mass is 327 g/mol. The van der Waals surface area contributed by atoms with Gasteiger partial charge in [0.1, 0.15) is 0 Å². The number of H-pyrrole nitrogens is 1. The summed E-state index contributed by atoms with van der Waals surface area (Å²) in [6.45, 7) is 5.75. The molecule has 2 aromatic rings. The van der Waals surface area contributed by atoms with Gasteiger partial charge in [-0.25, -0.2) is 0 Å². The Bertz CT molecular complexity index is 740. The normalized spacial score (nSPS) is 11.6. The number of halogens is 1. The van der Waals surface area contributed by atoms with Gasteiger partial charge in [-0.05, 0) is 32.4 Å². The number of alkyl halides is 1. The number of sulfonamides is 1. The number of aryl methyl sites for hydroxylation is 2. The Labute approximate surface area is 130 Å². The minimum atomic E-state index is -3.74. The second kappa shape index (κ2) is 6.07. The fraction of sp³-hybridized carbons (Fsp3) is 0.357. The van der Waals surface area contributed by atoms with Crippen molar-refractivity contribution in [1.82, 2.24) is 10.2 Å². The summed E-state index contributed by atoms with van der Waals surface area (Å²) in [5.74, 6) is 0.0994. The molecule has 2 rings (SSSR count). The van der Waals surface area contributed by atoms with Crippen LogP contribution >= 0.6 is 11.6 Å². The number of anilines is 1. The lowest BCUT2D eigenvalue weighted by Crippen LogP contribution is -2.32. The molecule has 0 atom stereocenters. The van der Waals surface area contributed by atoms with E-state index in [1.807, 2.05) is 25.1 Å². The van der Waals surface area contributed by atoms with Crippen molar-refractivity contribution in [2.24, 2.45) is 0 Å². The molecule has 0 aliphatic heterocycles. The van der Waals surface area contributed by atoms with Crippen molar-refractivity contribution in [3.63, 3.8) is 0 Å². The highest BCUT2D eigenvalue weighted by Crippen LogP contribution is 2.28. The standard InChI is InChI=1S/C14H18ClN3O2S/c1-4-18(13-8-6-5-7-10(13)2)21(19,20)14-12(9-15)11(3)16-17-14/h5-8H,4,9H2,1-3H3,(H,16,17). The van der Waals surface area contributed by atoms with Gasteiger partial charge in [-0.2, -0.15) is 13.5 Å². The molecule has 0 fully saturated rings. The number of hydrogen-bond donors (Lipinski definition) is 1. The number of aromatic amines is 1. The Balaban J connectivity index is 2.58. The number of hydrogen-bond acceptors (Lipinski definition) is 3. The minimum absolute atomic E-state index is 0.0000954. The summed E-state index contributed by atoms with van der Waals surface area (Å²) in [6, 6.07) is 7.36. The summed E-state index contributed by atoms with van der Waals surface area (Å²) in [7, 11) is -3.74. The summed E-state index contributed by atoms with van der Waals surface area (Å²) in [6.07, 6.45) is 0. The summed E-state index contributed by atoms with van der Waals surface area (Å²) < 4.78 is 27.1. The quantitative estimate of drug-likeness (QED) is 0.858. The number of nitrogens with one attached hydrogen (secondary N) is 1. The smallest absolute Gasteiger partial charge is 0.281 e. The van der Waals surface area contributed by atoms with Gasteiger partial charge in [-0.15, -0.1) is 11.6 Å². The number of benzene rings is 1. The maximum absolute atomic E-state index is 12.9. The predicted molar refractivity (Wildman–Crippen MR) is 84.3 cm³/mol. The first-order valence-electron chi connectivity index (χ1n) is 6.61. The zero-order valence-electron chi connectivity index (χ0n) is 12.2. The Morgan fingerprint density at radius 2 is 1.95 bits per heavy atom. The highest BCUT2D eigenvalue weighted by atomic mass is 35.5. The van der Waals surface area contributed by atoms with Crippen molar-refractivity contribution in [1.29, 1.82) is 0 Å². The van der Waals surface area contributed by atoms with Crippen LogP contribution in [0.4, 0.5) is 5.69 Å². The van der Waals surface area contributed by atoms with Gasteiger partial charge in [-0.1, -0.05) is 18.2 Å².